The highest BCUT2D eigenvalue weighted by molar-refractivity contribution is 7.89. The lowest BCUT2D eigenvalue weighted by atomic mass is 10.3. The lowest BCUT2D eigenvalue weighted by molar-refractivity contribution is 0.0799. The van der Waals surface area contributed by atoms with E-state index in [4.69, 9.17) is 4.74 Å². The van der Waals surface area contributed by atoms with Gasteiger partial charge in [-0.1, -0.05) is 13.8 Å². The highest BCUT2D eigenvalue weighted by atomic mass is 32.2. The van der Waals surface area contributed by atoms with Gasteiger partial charge in [-0.05, 0) is 19.9 Å². The highest BCUT2D eigenvalue weighted by Crippen LogP contribution is 2.10. The number of aromatic nitrogens is 1. The number of ether oxygens (including phenoxy) is 1. The molecule has 0 fully saturated rings. The van der Waals surface area contributed by atoms with Gasteiger partial charge >= 0.3 is 0 Å². The van der Waals surface area contributed by atoms with Crippen LogP contribution in [-0.2, 0) is 21.3 Å². The number of hydrogen-bond acceptors (Lipinski definition) is 4. The molecular weight excluding hydrogens is 278 g/mol. The number of nitrogens with one attached hydrogen (secondary N) is 3. The summed E-state index contributed by atoms with van der Waals surface area (Å²) in [5, 5.41) is 3.23. The van der Waals surface area contributed by atoms with Crippen LogP contribution in [0.4, 0.5) is 0 Å². The van der Waals surface area contributed by atoms with Crippen molar-refractivity contribution in [1.82, 2.24) is 15.0 Å². The van der Waals surface area contributed by atoms with Gasteiger partial charge in [0.15, 0.2) is 0 Å². The fourth-order valence-electron chi connectivity index (χ4n) is 1.64. The molecule has 1 rings (SSSR count). The average molecular weight is 303 g/mol. The second kappa shape index (κ2) is 7.78. The first-order valence-electron chi connectivity index (χ1n) is 6.87. The van der Waals surface area contributed by atoms with Gasteiger partial charge in [0.1, 0.15) is 0 Å². The number of H-pyrrole nitrogens is 1. The number of hydrogen-bond donors (Lipinski definition) is 3. The lowest BCUT2D eigenvalue weighted by Gasteiger charge is -2.12. The monoisotopic (exact) mass is 303 g/mol. The highest BCUT2D eigenvalue weighted by Gasteiger charge is 2.17. The molecule has 0 saturated carbocycles. The van der Waals surface area contributed by atoms with Gasteiger partial charge in [-0.25, -0.2) is 13.1 Å². The topological polar surface area (TPSA) is 83.2 Å². The summed E-state index contributed by atoms with van der Waals surface area (Å²) in [4.78, 5) is 3.22. The summed E-state index contributed by atoms with van der Waals surface area (Å²) >= 11 is 0. The van der Waals surface area contributed by atoms with Crippen molar-refractivity contribution < 1.29 is 13.2 Å². The molecule has 0 aliphatic rings. The van der Waals surface area contributed by atoms with Gasteiger partial charge in [0.2, 0.25) is 10.0 Å². The van der Waals surface area contributed by atoms with Crippen molar-refractivity contribution in [3.8, 4) is 0 Å². The van der Waals surface area contributed by atoms with Crippen LogP contribution in [0.15, 0.2) is 17.2 Å². The quantitative estimate of drug-likeness (QED) is 0.640. The maximum Gasteiger partial charge on any atom is 0.242 e. The minimum absolute atomic E-state index is 0.143. The molecule has 1 unspecified atom stereocenters. The van der Waals surface area contributed by atoms with Crippen LogP contribution in [0, 0.1) is 0 Å². The van der Waals surface area contributed by atoms with E-state index < -0.39 is 10.0 Å². The zero-order valence-corrected chi connectivity index (χ0v) is 13.4. The van der Waals surface area contributed by atoms with E-state index in [1.165, 1.54) is 6.20 Å². The van der Waals surface area contributed by atoms with Crippen molar-refractivity contribution in [2.24, 2.45) is 0 Å². The molecule has 0 amide bonds. The summed E-state index contributed by atoms with van der Waals surface area (Å²) < 4.78 is 32.0. The number of aromatic amines is 1. The van der Waals surface area contributed by atoms with E-state index in [9.17, 15) is 8.42 Å². The number of rotatable bonds is 9. The zero-order chi connectivity index (χ0) is 15.2. The van der Waals surface area contributed by atoms with Crippen LogP contribution >= 0.6 is 0 Å². The molecule has 0 radical (unpaired) electrons. The second-order valence-corrected chi connectivity index (χ2v) is 6.78. The normalized spacial score (nSPS) is 13.8. The minimum atomic E-state index is -3.48. The predicted octanol–water partition coefficient (Wildman–Crippen LogP) is 1.22. The minimum Gasteiger partial charge on any atom is -0.377 e. The van der Waals surface area contributed by atoms with E-state index in [1.807, 2.05) is 27.7 Å². The van der Waals surface area contributed by atoms with Gasteiger partial charge in [-0.2, -0.15) is 0 Å². The third-order valence-electron chi connectivity index (χ3n) is 2.74. The Kier molecular flexibility index (Phi) is 6.67. The van der Waals surface area contributed by atoms with Gasteiger partial charge in [0.05, 0.1) is 11.0 Å². The zero-order valence-electron chi connectivity index (χ0n) is 12.6. The first-order valence-corrected chi connectivity index (χ1v) is 8.35. The van der Waals surface area contributed by atoms with Crippen LogP contribution < -0.4 is 10.0 Å². The molecule has 3 N–H and O–H groups in total. The third kappa shape index (κ3) is 5.62. The average Bonchev–Trinajstić information content (AvgIpc) is 2.84. The Morgan fingerprint density at radius 2 is 2.05 bits per heavy atom. The van der Waals surface area contributed by atoms with Crippen LogP contribution in [0.3, 0.4) is 0 Å². The van der Waals surface area contributed by atoms with Gasteiger partial charge < -0.3 is 15.0 Å². The van der Waals surface area contributed by atoms with Crippen LogP contribution in [0.5, 0.6) is 0 Å². The molecule has 1 aromatic heterocycles. The summed E-state index contributed by atoms with van der Waals surface area (Å²) in [5.41, 5.74) is 0.844. The molecule has 6 nitrogen and oxygen atoms in total. The van der Waals surface area contributed by atoms with Crippen molar-refractivity contribution in [2.75, 3.05) is 13.2 Å². The molecule has 0 aliphatic heterocycles. The van der Waals surface area contributed by atoms with Crippen LogP contribution in [-0.4, -0.2) is 38.7 Å². The van der Waals surface area contributed by atoms with E-state index in [1.54, 1.807) is 6.07 Å². The molecular formula is C13H25N3O3S. The molecule has 1 heterocycles. The maximum atomic E-state index is 12.1. The summed E-state index contributed by atoms with van der Waals surface area (Å²) in [7, 11) is -3.48. The summed E-state index contributed by atoms with van der Waals surface area (Å²) in [6, 6.07) is 1.99. The second-order valence-electron chi connectivity index (χ2n) is 5.01. The molecule has 0 bridgehead atoms. The molecule has 1 atom stereocenters. The molecule has 0 saturated heterocycles. The summed E-state index contributed by atoms with van der Waals surface area (Å²) in [6.07, 6.45) is 1.36. The molecule has 7 heteroatoms. The van der Waals surface area contributed by atoms with Gasteiger partial charge in [0, 0.05) is 37.6 Å². The molecule has 20 heavy (non-hydrogen) atoms. The van der Waals surface area contributed by atoms with Crippen molar-refractivity contribution in [1.29, 1.82) is 0 Å². The standard InChI is InChI=1S/C13H25N3O3S/c1-5-19-11(4)7-16-20(17,18)13-6-12(15-9-13)8-14-10(2)3/h6,9-11,14-16H,5,7-8H2,1-4H3. The third-order valence-corrected chi connectivity index (χ3v) is 4.14. The van der Waals surface area contributed by atoms with E-state index in [0.717, 1.165) is 5.69 Å². The fraction of sp³-hybridized carbons (Fsp3) is 0.692. The van der Waals surface area contributed by atoms with E-state index >= 15 is 0 Å². The SMILES string of the molecule is CCOC(C)CNS(=O)(=O)c1c[nH]c(CNC(C)C)c1. The Morgan fingerprint density at radius 3 is 2.65 bits per heavy atom. The van der Waals surface area contributed by atoms with Crippen LogP contribution in [0.1, 0.15) is 33.4 Å². The van der Waals surface area contributed by atoms with Crippen molar-refractivity contribution >= 4 is 10.0 Å². The molecule has 0 aromatic carbocycles. The molecule has 116 valence electrons. The Balaban J connectivity index is 2.59. The van der Waals surface area contributed by atoms with Crippen molar-refractivity contribution in [3.63, 3.8) is 0 Å². The Hall–Kier alpha value is -0.890. The first kappa shape index (κ1) is 17.2. The fourth-order valence-corrected chi connectivity index (χ4v) is 2.78. The molecule has 1 aromatic rings. The summed E-state index contributed by atoms with van der Waals surface area (Å²) in [6.45, 7) is 9.24. The predicted molar refractivity (Wildman–Crippen MR) is 79.0 cm³/mol. The Morgan fingerprint density at radius 1 is 1.35 bits per heavy atom. The Labute approximate surface area is 121 Å². The largest absolute Gasteiger partial charge is 0.377 e. The van der Waals surface area contributed by atoms with Gasteiger partial charge in [-0.15, -0.1) is 0 Å². The maximum absolute atomic E-state index is 12.1. The van der Waals surface area contributed by atoms with Gasteiger partial charge in [0.25, 0.3) is 0 Å². The van der Waals surface area contributed by atoms with Crippen LogP contribution in [0.25, 0.3) is 0 Å². The van der Waals surface area contributed by atoms with Crippen molar-refractivity contribution in [3.05, 3.63) is 18.0 Å². The van der Waals surface area contributed by atoms with E-state index in [-0.39, 0.29) is 17.5 Å². The smallest absolute Gasteiger partial charge is 0.242 e. The molecule has 0 aliphatic carbocycles. The van der Waals surface area contributed by atoms with Gasteiger partial charge in [-0.3, -0.25) is 0 Å². The van der Waals surface area contributed by atoms with Crippen LogP contribution in [0.2, 0.25) is 0 Å². The van der Waals surface area contributed by atoms with E-state index in [0.29, 0.717) is 19.2 Å². The van der Waals surface area contributed by atoms with Crippen molar-refractivity contribution in [2.45, 2.75) is 51.3 Å². The number of sulfonamides is 1. The summed E-state index contributed by atoms with van der Waals surface area (Å²) in [5.74, 6) is 0. The Bertz CT molecular complexity index is 497. The molecule has 0 spiro atoms. The van der Waals surface area contributed by atoms with E-state index in [2.05, 4.69) is 15.0 Å². The first-order chi connectivity index (χ1) is 9.35. The lowest BCUT2D eigenvalue weighted by Crippen LogP contribution is -2.32.